The molecule has 0 aliphatic carbocycles. The van der Waals surface area contributed by atoms with E-state index in [1.807, 2.05) is 17.7 Å². The molecule has 0 aliphatic rings. The highest BCUT2D eigenvalue weighted by atomic mass is 79.9. The molecule has 4 heteroatoms. The highest BCUT2D eigenvalue weighted by Gasteiger charge is 2.14. The van der Waals surface area contributed by atoms with Gasteiger partial charge in [0.1, 0.15) is 10.4 Å². The quantitative estimate of drug-likeness (QED) is 0.867. The summed E-state index contributed by atoms with van der Waals surface area (Å²) >= 11 is 3.48. The molecule has 2 aromatic rings. The maximum atomic E-state index is 5.42. The summed E-state index contributed by atoms with van der Waals surface area (Å²) in [7, 11) is 3.67. The van der Waals surface area contributed by atoms with Crippen LogP contribution in [0.4, 0.5) is 0 Å². The van der Waals surface area contributed by atoms with E-state index in [-0.39, 0.29) is 0 Å². The first kappa shape index (κ1) is 12.2. The van der Waals surface area contributed by atoms with Crippen LogP contribution in [0, 0.1) is 0 Å². The van der Waals surface area contributed by atoms with Gasteiger partial charge in [-0.1, -0.05) is 13.0 Å². The molecule has 1 aromatic carbocycles. The molecule has 2 rings (SSSR count). The van der Waals surface area contributed by atoms with Crippen molar-refractivity contribution in [3.8, 4) is 17.0 Å². The van der Waals surface area contributed by atoms with Crippen molar-refractivity contribution in [3.05, 3.63) is 34.7 Å². The minimum absolute atomic E-state index is 0.839. The molecule has 0 aliphatic heterocycles. The van der Waals surface area contributed by atoms with Crippen molar-refractivity contribution >= 4 is 15.9 Å². The lowest BCUT2D eigenvalue weighted by Gasteiger charge is -2.11. The summed E-state index contributed by atoms with van der Waals surface area (Å²) in [6.07, 6.45) is 2.80. The van der Waals surface area contributed by atoms with Crippen LogP contribution in [0.3, 0.4) is 0 Å². The number of aromatic nitrogens is 2. The predicted molar refractivity (Wildman–Crippen MR) is 72.3 cm³/mol. The van der Waals surface area contributed by atoms with Gasteiger partial charge in [0.25, 0.3) is 0 Å². The van der Waals surface area contributed by atoms with Crippen molar-refractivity contribution < 1.29 is 4.74 Å². The van der Waals surface area contributed by atoms with Crippen molar-refractivity contribution in [2.24, 2.45) is 7.05 Å². The van der Waals surface area contributed by atoms with Gasteiger partial charge in [-0.2, -0.15) is 0 Å². The molecule has 0 fully saturated rings. The largest absolute Gasteiger partial charge is 0.496 e. The summed E-state index contributed by atoms with van der Waals surface area (Å²) in [5.74, 6) is 0.867. The molecule has 0 saturated heterocycles. The highest BCUT2D eigenvalue weighted by molar-refractivity contribution is 9.10. The van der Waals surface area contributed by atoms with Gasteiger partial charge in [0.05, 0.1) is 19.1 Å². The zero-order valence-corrected chi connectivity index (χ0v) is 11.8. The second kappa shape index (κ2) is 4.92. The van der Waals surface area contributed by atoms with Gasteiger partial charge in [-0.25, -0.2) is 4.98 Å². The zero-order valence-electron chi connectivity index (χ0n) is 10.2. The molecule has 17 heavy (non-hydrogen) atoms. The van der Waals surface area contributed by atoms with Crippen LogP contribution in [0.2, 0.25) is 0 Å². The van der Waals surface area contributed by atoms with Crippen molar-refractivity contribution in [2.45, 2.75) is 13.3 Å². The Kier molecular flexibility index (Phi) is 3.52. The smallest absolute Gasteiger partial charge is 0.132 e. The molecule has 90 valence electrons. The molecular formula is C13H15BrN2O. The minimum Gasteiger partial charge on any atom is -0.496 e. The van der Waals surface area contributed by atoms with Gasteiger partial charge in [0.2, 0.25) is 0 Å². The molecule has 0 bridgehead atoms. The van der Waals surface area contributed by atoms with Crippen LogP contribution in [-0.2, 0) is 13.5 Å². The molecule has 0 N–H and O–H groups in total. The second-order valence-corrected chi connectivity index (χ2v) is 4.63. The average Bonchev–Trinajstić information content (AvgIpc) is 2.68. The SMILES string of the molecule is CCc1ccc(OC)c(-c2c(Br)ncn2C)c1. The van der Waals surface area contributed by atoms with Gasteiger partial charge in [-0.3, -0.25) is 0 Å². The van der Waals surface area contributed by atoms with Crippen molar-refractivity contribution in [1.82, 2.24) is 9.55 Å². The number of rotatable bonds is 3. The Morgan fingerprint density at radius 3 is 2.71 bits per heavy atom. The molecule has 0 saturated carbocycles. The zero-order chi connectivity index (χ0) is 12.4. The lowest BCUT2D eigenvalue weighted by molar-refractivity contribution is 0.416. The van der Waals surface area contributed by atoms with Crippen LogP contribution >= 0.6 is 15.9 Å². The van der Waals surface area contributed by atoms with E-state index in [2.05, 4.69) is 40.0 Å². The number of ether oxygens (including phenoxy) is 1. The summed E-state index contributed by atoms with van der Waals surface area (Å²) in [6.45, 7) is 2.14. The minimum atomic E-state index is 0.839. The second-order valence-electron chi connectivity index (χ2n) is 3.88. The summed E-state index contributed by atoms with van der Waals surface area (Å²) in [4.78, 5) is 4.25. The fraction of sp³-hybridized carbons (Fsp3) is 0.308. The lowest BCUT2D eigenvalue weighted by atomic mass is 10.1. The fourth-order valence-corrected chi connectivity index (χ4v) is 2.45. The van der Waals surface area contributed by atoms with Gasteiger partial charge in [0, 0.05) is 12.6 Å². The number of nitrogens with zero attached hydrogens (tertiary/aromatic N) is 2. The van der Waals surface area contributed by atoms with Gasteiger partial charge < -0.3 is 9.30 Å². The Hall–Kier alpha value is -1.29. The first-order chi connectivity index (χ1) is 8.17. The van der Waals surface area contributed by atoms with Crippen molar-refractivity contribution in [2.75, 3.05) is 7.11 Å². The third kappa shape index (κ3) is 2.22. The van der Waals surface area contributed by atoms with E-state index in [9.17, 15) is 0 Å². The Bertz CT molecular complexity index is 515. The summed E-state index contributed by atoms with van der Waals surface area (Å²) in [6, 6.07) is 6.25. The van der Waals surface area contributed by atoms with Crippen LogP contribution in [-0.4, -0.2) is 16.7 Å². The molecule has 3 nitrogen and oxygen atoms in total. The van der Waals surface area contributed by atoms with E-state index in [1.165, 1.54) is 5.56 Å². The number of methoxy groups -OCH3 is 1. The number of hydrogen-bond acceptors (Lipinski definition) is 2. The monoisotopic (exact) mass is 294 g/mol. The summed E-state index contributed by atoms with van der Waals surface area (Å²) in [5, 5.41) is 0. The van der Waals surface area contributed by atoms with Crippen LogP contribution in [0.25, 0.3) is 11.3 Å². The standard InChI is InChI=1S/C13H15BrN2O/c1-4-9-5-6-11(17-3)10(7-9)12-13(14)15-8-16(12)2/h5-8H,4H2,1-3H3. The predicted octanol–water partition coefficient (Wildman–Crippen LogP) is 3.42. The maximum absolute atomic E-state index is 5.42. The van der Waals surface area contributed by atoms with E-state index in [0.717, 1.165) is 28.0 Å². The summed E-state index contributed by atoms with van der Waals surface area (Å²) < 4.78 is 8.24. The Labute approximate surface area is 110 Å². The topological polar surface area (TPSA) is 27.1 Å². The van der Waals surface area contributed by atoms with Crippen LogP contribution in [0.5, 0.6) is 5.75 Å². The molecule has 0 radical (unpaired) electrons. The molecular weight excluding hydrogens is 280 g/mol. The van der Waals surface area contributed by atoms with Gasteiger partial charge in [-0.15, -0.1) is 0 Å². The number of benzene rings is 1. The molecule has 0 atom stereocenters. The van der Waals surface area contributed by atoms with Crippen LogP contribution in [0.1, 0.15) is 12.5 Å². The van der Waals surface area contributed by atoms with Gasteiger partial charge >= 0.3 is 0 Å². The number of hydrogen-bond donors (Lipinski definition) is 0. The van der Waals surface area contributed by atoms with E-state index < -0.39 is 0 Å². The van der Waals surface area contributed by atoms with Gasteiger partial charge in [0.15, 0.2) is 0 Å². The van der Waals surface area contributed by atoms with E-state index in [1.54, 1.807) is 13.4 Å². The normalized spacial score (nSPS) is 10.6. The third-order valence-corrected chi connectivity index (χ3v) is 3.40. The van der Waals surface area contributed by atoms with E-state index in [4.69, 9.17) is 4.74 Å². The van der Waals surface area contributed by atoms with E-state index in [0.29, 0.717) is 0 Å². The average molecular weight is 295 g/mol. The first-order valence-corrected chi connectivity index (χ1v) is 6.30. The van der Waals surface area contributed by atoms with Gasteiger partial charge in [-0.05, 0) is 40.0 Å². The Morgan fingerprint density at radius 2 is 2.18 bits per heavy atom. The molecule has 1 aromatic heterocycles. The van der Waals surface area contributed by atoms with Crippen LogP contribution < -0.4 is 4.74 Å². The van der Waals surface area contributed by atoms with E-state index >= 15 is 0 Å². The molecule has 0 spiro atoms. The van der Waals surface area contributed by atoms with Crippen LogP contribution in [0.15, 0.2) is 29.1 Å². The number of imidazole rings is 1. The molecule has 0 amide bonds. The number of aryl methyl sites for hydroxylation is 2. The summed E-state index contributed by atoms with van der Waals surface area (Å²) in [5.41, 5.74) is 3.39. The fourth-order valence-electron chi connectivity index (χ4n) is 1.86. The lowest BCUT2D eigenvalue weighted by Crippen LogP contribution is -1.95. The Balaban J connectivity index is 2.64. The van der Waals surface area contributed by atoms with Crippen molar-refractivity contribution in [3.63, 3.8) is 0 Å². The maximum Gasteiger partial charge on any atom is 0.132 e. The Morgan fingerprint density at radius 1 is 1.41 bits per heavy atom. The highest BCUT2D eigenvalue weighted by Crippen LogP contribution is 2.34. The molecule has 1 heterocycles. The first-order valence-electron chi connectivity index (χ1n) is 5.51. The molecule has 0 unspecified atom stereocenters. The van der Waals surface area contributed by atoms with Crippen molar-refractivity contribution in [1.29, 1.82) is 0 Å². The third-order valence-electron chi connectivity index (χ3n) is 2.82. The number of halogens is 1.